The van der Waals surface area contributed by atoms with Crippen LogP contribution in [0.4, 0.5) is 0 Å². The Morgan fingerprint density at radius 3 is 2.31 bits per heavy atom. The predicted molar refractivity (Wildman–Crippen MR) is 95.8 cm³/mol. The molecule has 0 aromatic heterocycles. The molecule has 136 valence electrons. The quantitative estimate of drug-likeness (QED) is 0.892. The summed E-state index contributed by atoms with van der Waals surface area (Å²) in [7, 11) is 3.04. The fourth-order valence-corrected chi connectivity index (χ4v) is 3.41. The second kappa shape index (κ2) is 7.47. The first kappa shape index (κ1) is 17.8. The lowest BCUT2D eigenvalue weighted by Crippen LogP contribution is -2.29. The van der Waals surface area contributed by atoms with Crippen LogP contribution >= 0.6 is 0 Å². The maximum atomic E-state index is 12.9. The molecule has 3 rings (SSSR count). The number of hydrogen-bond acceptors (Lipinski definition) is 4. The lowest BCUT2D eigenvalue weighted by atomic mass is 9.89. The van der Waals surface area contributed by atoms with E-state index in [4.69, 9.17) is 9.47 Å². The summed E-state index contributed by atoms with van der Waals surface area (Å²) in [5.41, 5.74) is 1.38. The molecule has 1 aliphatic rings. The summed E-state index contributed by atoms with van der Waals surface area (Å²) in [6.45, 7) is 0.552. The van der Waals surface area contributed by atoms with Crippen molar-refractivity contribution in [1.82, 2.24) is 4.90 Å². The van der Waals surface area contributed by atoms with E-state index in [0.717, 1.165) is 5.56 Å². The van der Waals surface area contributed by atoms with Crippen molar-refractivity contribution in [3.05, 3.63) is 59.7 Å². The molecule has 1 fully saturated rings. The minimum absolute atomic E-state index is 0.183. The van der Waals surface area contributed by atoms with Gasteiger partial charge in [0.2, 0.25) is 0 Å². The number of rotatable bonds is 5. The monoisotopic (exact) mass is 355 g/mol. The van der Waals surface area contributed by atoms with Crippen LogP contribution in [0.1, 0.15) is 21.8 Å². The van der Waals surface area contributed by atoms with E-state index in [-0.39, 0.29) is 18.4 Å². The van der Waals surface area contributed by atoms with Crippen LogP contribution in [0.5, 0.6) is 11.5 Å². The molecule has 0 spiro atoms. The molecule has 2 aromatic carbocycles. The van der Waals surface area contributed by atoms with Gasteiger partial charge in [-0.15, -0.1) is 0 Å². The Morgan fingerprint density at radius 1 is 1.00 bits per heavy atom. The zero-order chi connectivity index (χ0) is 18.7. The number of hydrogen-bond donors (Lipinski definition) is 1. The predicted octanol–water partition coefficient (Wildman–Crippen LogP) is 2.64. The van der Waals surface area contributed by atoms with Gasteiger partial charge in [-0.2, -0.15) is 0 Å². The Bertz CT molecular complexity index is 805. The number of ether oxygens (including phenoxy) is 2. The van der Waals surface area contributed by atoms with E-state index in [0.29, 0.717) is 23.6 Å². The molecule has 1 N–H and O–H groups in total. The molecule has 26 heavy (non-hydrogen) atoms. The van der Waals surface area contributed by atoms with Gasteiger partial charge in [0.15, 0.2) is 11.5 Å². The molecule has 6 nitrogen and oxygen atoms in total. The second-order valence-corrected chi connectivity index (χ2v) is 6.24. The highest BCUT2D eigenvalue weighted by atomic mass is 16.5. The molecule has 0 saturated carbocycles. The standard InChI is InChI=1S/C20H21NO5/c1-25-17-9-8-14(10-18(17)26-2)19(22)21-11-15(16(12-21)20(23)24)13-6-4-3-5-7-13/h3-10,15-16H,11-12H2,1-2H3,(H,23,24)/t15-,16-/m0/s1. The molecule has 0 radical (unpaired) electrons. The first-order valence-corrected chi connectivity index (χ1v) is 8.34. The molecule has 2 aromatic rings. The van der Waals surface area contributed by atoms with Crippen LogP contribution in [0.25, 0.3) is 0 Å². The first-order valence-electron chi connectivity index (χ1n) is 8.34. The third-order valence-electron chi connectivity index (χ3n) is 4.78. The fourth-order valence-electron chi connectivity index (χ4n) is 3.41. The number of methoxy groups -OCH3 is 2. The Labute approximate surface area is 152 Å². The van der Waals surface area contributed by atoms with Crippen LogP contribution in [-0.4, -0.2) is 49.2 Å². The third-order valence-corrected chi connectivity index (χ3v) is 4.78. The average Bonchev–Trinajstić information content (AvgIpc) is 3.13. The first-order chi connectivity index (χ1) is 12.5. The van der Waals surface area contributed by atoms with Crippen LogP contribution in [0.15, 0.2) is 48.5 Å². The minimum atomic E-state index is -0.888. The van der Waals surface area contributed by atoms with Gasteiger partial charge < -0.3 is 19.5 Å². The molecule has 1 saturated heterocycles. The summed E-state index contributed by atoms with van der Waals surface area (Å²) in [6.07, 6.45) is 0. The summed E-state index contributed by atoms with van der Waals surface area (Å²) in [5, 5.41) is 9.59. The molecule has 2 atom stereocenters. The van der Waals surface area contributed by atoms with Crippen molar-refractivity contribution in [2.75, 3.05) is 27.3 Å². The SMILES string of the molecule is COc1ccc(C(=O)N2C[C@H](C(=O)O)[C@H](c3ccccc3)C2)cc1OC. The molecule has 0 aliphatic carbocycles. The van der Waals surface area contributed by atoms with Crippen molar-refractivity contribution in [3.63, 3.8) is 0 Å². The number of carboxylic acid groups (broad SMARTS) is 1. The number of aliphatic carboxylic acids is 1. The van der Waals surface area contributed by atoms with Gasteiger partial charge in [0.1, 0.15) is 0 Å². The third kappa shape index (κ3) is 3.35. The second-order valence-electron chi connectivity index (χ2n) is 6.24. The summed E-state index contributed by atoms with van der Waals surface area (Å²) in [6, 6.07) is 14.4. The van der Waals surface area contributed by atoms with E-state index in [1.54, 1.807) is 23.1 Å². The van der Waals surface area contributed by atoms with E-state index in [1.165, 1.54) is 14.2 Å². The molecule has 0 bridgehead atoms. The fraction of sp³-hybridized carbons (Fsp3) is 0.300. The van der Waals surface area contributed by atoms with Crippen molar-refractivity contribution < 1.29 is 24.2 Å². The Hall–Kier alpha value is -3.02. The van der Waals surface area contributed by atoms with Crippen molar-refractivity contribution in [1.29, 1.82) is 0 Å². The van der Waals surface area contributed by atoms with Crippen molar-refractivity contribution in [2.45, 2.75) is 5.92 Å². The number of benzene rings is 2. The van der Waals surface area contributed by atoms with Gasteiger partial charge in [-0.3, -0.25) is 9.59 Å². The van der Waals surface area contributed by atoms with Crippen LogP contribution in [0, 0.1) is 5.92 Å². The zero-order valence-electron chi connectivity index (χ0n) is 14.7. The van der Waals surface area contributed by atoms with Crippen molar-refractivity contribution >= 4 is 11.9 Å². The van der Waals surface area contributed by atoms with Gasteiger partial charge in [-0.05, 0) is 23.8 Å². The van der Waals surface area contributed by atoms with Crippen molar-refractivity contribution in [2.24, 2.45) is 5.92 Å². The topological polar surface area (TPSA) is 76.1 Å². The minimum Gasteiger partial charge on any atom is -0.493 e. The van der Waals surface area contributed by atoms with Gasteiger partial charge in [0.25, 0.3) is 5.91 Å². The van der Waals surface area contributed by atoms with Gasteiger partial charge in [-0.25, -0.2) is 0 Å². The largest absolute Gasteiger partial charge is 0.493 e. The highest BCUT2D eigenvalue weighted by Gasteiger charge is 2.40. The Kier molecular flexibility index (Phi) is 5.11. The van der Waals surface area contributed by atoms with E-state index >= 15 is 0 Å². The van der Waals surface area contributed by atoms with Crippen LogP contribution in [0.2, 0.25) is 0 Å². The van der Waals surface area contributed by atoms with Crippen LogP contribution in [-0.2, 0) is 4.79 Å². The maximum absolute atomic E-state index is 12.9. The summed E-state index contributed by atoms with van der Waals surface area (Å²) in [4.78, 5) is 26.2. The van der Waals surface area contributed by atoms with Gasteiger partial charge in [0, 0.05) is 24.6 Å². The lowest BCUT2D eigenvalue weighted by Gasteiger charge is -2.17. The smallest absolute Gasteiger partial charge is 0.308 e. The zero-order valence-corrected chi connectivity index (χ0v) is 14.7. The van der Waals surface area contributed by atoms with Gasteiger partial charge >= 0.3 is 5.97 Å². The van der Waals surface area contributed by atoms with E-state index < -0.39 is 11.9 Å². The molecular formula is C20H21NO5. The summed E-state index contributed by atoms with van der Waals surface area (Å²) in [5.74, 6) is -0.945. The highest BCUT2D eigenvalue weighted by molar-refractivity contribution is 5.95. The van der Waals surface area contributed by atoms with E-state index in [1.807, 2.05) is 30.3 Å². The van der Waals surface area contributed by atoms with Gasteiger partial charge in [-0.1, -0.05) is 30.3 Å². The summed E-state index contributed by atoms with van der Waals surface area (Å²) >= 11 is 0. The highest BCUT2D eigenvalue weighted by Crippen LogP contribution is 2.34. The normalized spacial score (nSPS) is 19.2. The number of carbonyl (C=O) groups is 2. The Morgan fingerprint density at radius 2 is 1.69 bits per heavy atom. The van der Waals surface area contributed by atoms with E-state index in [2.05, 4.69) is 0 Å². The maximum Gasteiger partial charge on any atom is 0.308 e. The number of amides is 1. The summed E-state index contributed by atoms with van der Waals surface area (Å²) < 4.78 is 10.4. The van der Waals surface area contributed by atoms with E-state index in [9.17, 15) is 14.7 Å². The molecule has 1 heterocycles. The van der Waals surface area contributed by atoms with Gasteiger partial charge in [0.05, 0.1) is 20.1 Å². The van der Waals surface area contributed by atoms with Crippen molar-refractivity contribution in [3.8, 4) is 11.5 Å². The number of likely N-dealkylation sites (tertiary alicyclic amines) is 1. The molecule has 0 unspecified atom stereocenters. The number of carboxylic acids is 1. The molecule has 1 amide bonds. The molecule has 6 heteroatoms. The number of carbonyl (C=O) groups excluding carboxylic acids is 1. The molecular weight excluding hydrogens is 334 g/mol. The molecule has 1 aliphatic heterocycles. The average molecular weight is 355 g/mol. The lowest BCUT2D eigenvalue weighted by molar-refractivity contribution is -0.141. The number of nitrogens with zero attached hydrogens (tertiary/aromatic N) is 1. The van der Waals surface area contributed by atoms with Crippen LogP contribution < -0.4 is 9.47 Å². The Balaban J connectivity index is 1.86. The van der Waals surface area contributed by atoms with Crippen LogP contribution in [0.3, 0.4) is 0 Å².